The van der Waals surface area contributed by atoms with Gasteiger partial charge in [0.05, 0.1) is 11.6 Å². The lowest BCUT2D eigenvalue weighted by atomic mass is 10.4. The van der Waals surface area contributed by atoms with Gasteiger partial charge < -0.3 is 15.2 Å². The second kappa shape index (κ2) is 10.0. The average molecular weight is 451 g/mol. The van der Waals surface area contributed by atoms with Crippen LogP contribution in [0.15, 0.2) is 11.1 Å². The number of hydrogen-bond donors (Lipinski definition) is 2. The molecule has 0 spiro atoms. The monoisotopic (exact) mass is 450 g/mol. The number of aromatic nitrogens is 1. The smallest absolute Gasteiger partial charge is 0.191 e. The molecule has 116 valence electrons. The number of rotatable bonds is 5. The van der Waals surface area contributed by atoms with Crippen molar-refractivity contribution in [1.29, 1.82) is 0 Å². The SMILES string of the molecule is CN=C(NCc1cc(Cl)c(Cl)n1C)NCC(C)SC.I. The normalized spacial score (nSPS) is 12.8. The third-order valence-electron chi connectivity index (χ3n) is 2.84. The number of guanidine groups is 1. The van der Waals surface area contributed by atoms with Crippen molar-refractivity contribution in [2.75, 3.05) is 19.8 Å². The Morgan fingerprint density at radius 3 is 2.55 bits per heavy atom. The Balaban J connectivity index is 0.00000361. The third-order valence-corrected chi connectivity index (χ3v) is 4.65. The molecule has 0 radical (unpaired) electrons. The molecule has 2 N–H and O–H groups in total. The van der Waals surface area contributed by atoms with Gasteiger partial charge in [-0.1, -0.05) is 30.1 Å². The molecule has 0 aromatic carbocycles. The van der Waals surface area contributed by atoms with Gasteiger partial charge in [-0.3, -0.25) is 4.99 Å². The summed E-state index contributed by atoms with van der Waals surface area (Å²) in [5.41, 5.74) is 1.01. The second-order valence-electron chi connectivity index (χ2n) is 4.19. The summed E-state index contributed by atoms with van der Waals surface area (Å²) in [6, 6.07) is 1.86. The Morgan fingerprint density at radius 2 is 2.10 bits per heavy atom. The minimum atomic E-state index is 0. The third kappa shape index (κ3) is 5.91. The van der Waals surface area contributed by atoms with Crippen molar-refractivity contribution < 1.29 is 0 Å². The first-order valence-electron chi connectivity index (χ1n) is 5.96. The van der Waals surface area contributed by atoms with Crippen molar-refractivity contribution in [1.82, 2.24) is 15.2 Å². The zero-order valence-electron chi connectivity index (χ0n) is 12.0. The number of nitrogens with zero attached hydrogens (tertiary/aromatic N) is 2. The summed E-state index contributed by atoms with van der Waals surface area (Å²) >= 11 is 13.8. The minimum absolute atomic E-state index is 0. The van der Waals surface area contributed by atoms with Crippen LogP contribution in [0, 0.1) is 0 Å². The van der Waals surface area contributed by atoms with Crippen molar-refractivity contribution in [3.63, 3.8) is 0 Å². The quantitative estimate of drug-likeness (QED) is 0.410. The Bertz CT molecular complexity index is 451. The van der Waals surface area contributed by atoms with Crippen LogP contribution < -0.4 is 10.6 Å². The molecule has 0 saturated heterocycles. The molecule has 0 saturated carbocycles. The molecule has 1 aromatic rings. The van der Waals surface area contributed by atoms with Crippen LogP contribution in [0.5, 0.6) is 0 Å². The molecule has 1 aromatic heterocycles. The van der Waals surface area contributed by atoms with Crippen LogP contribution in [0.3, 0.4) is 0 Å². The highest BCUT2D eigenvalue weighted by Gasteiger charge is 2.09. The topological polar surface area (TPSA) is 41.4 Å². The van der Waals surface area contributed by atoms with Crippen molar-refractivity contribution in [3.05, 3.63) is 21.9 Å². The van der Waals surface area contributed by atoms with Crippen LogP contribution in [-0.2, 0) is 13.6 Å². The van der Waals surface area contributed by atoms with E-state index in [2.05, 4.69) is 28.8 Å². The van der Waals surface area contributed by atoms with E-state index in [0.29, 0.717) is 22.0 Å². The summed E-state index contributed by atoms with van der Waals surface area (Å²) < 4.78 is 1.86. The van der Waals surface area contributed by atoms with Gasteiger partial charge in [0.2, 0.25) is 0 Å². The molecule has 0 fully saturated rings. The van der Waals surface area contributed by atoms with Crippen molar-refractivity contribution in [3.8, 4) is 0 Å². The predicted molar refractivity (Wildman–Crippen MR) is 102 cm³/mol. The molecule has 0 aliphatic carbocycles. The van der Waals surface area contributed by atoms with Crippen molar-refractivity contribution in [2.24, 2.45) is 12.0 Å². The van der Waals surface area contributed by atoms with Crippen LogP contribution in [-0.4, -0.2) is 35.6 Å². The fourth-order valence-corrected chi connectivity index (χ4v) is 2.14. The maximum absolute atomic E-state index is 6.02. The Kier molecular flexibility index (Phi) is 10.1. The minimum Gasteiger partial charge on any atom is -0.355 e. The zero-order chi connectivity index (χ0) is 14.4. The average Bonchev–Trinajstić information content (AvgIpc) is 2.66. The van der Waals surface area contributed by atoms with Crippen LogP contribution in [0.2, 0.25) is 10.2 Å². The van der Waals surface area contributed by atoms with Gasteiger partial charge in [-0.15, -0.1) is 24.0 Å². The number of thioether (sulfide) groups is 1. The predicted octanol–water partition coefficient (Wildman–Crippen LogP) is 3.37. The van der Waals surface area contributed by atoms with E-state index in [1.807, 2.05) is 29.4 Å². The van der Waals surface area contributed by atoms with Crippen LogP contribution >= 0.6 is 58.9 Å². The van der Waals surface area contributed by atoms with E-state index in [9.17, 15) is 0 Å². The van der Waals surface area contributed by atoms with Crippen LogP contribution in [0.1, 0.15) is 12.6 Å². The Hall–Kier alpha value is 0.210. The summed E-state index contributed by atoms with van der Waals surface area (Å²) in [5, 5.41) is 8.17. The Labute approximate surface area is 152 Å². The van der Waals surface area contributed by atoms with E-state index in [-0.39, 0.29) is 24.0 Å². The van der Waals surface area contributed by atoms with Crippen molar-refractivity contribution in [2.45, 2.75) is 18.7 Å². The fourth-order valence-electron chi connectivity index (χ4n) is 1.48. The highest BCUT2D eigenvalue weighted by molar-refractivity contribution is 14.0. The van der Waals surface area contributed by atoms with Gasteiger partial charge in [-0.25, -0.2) is 0 Å². The number of aliphatic imine (C=N–C) groups is 1. The molecule has 1 rings (SSSR count). The van der Waals surface area contributed by atoms with E-state index >= 15 is 0 Å². The molecule has 0 aliphatic rings. The first-order valence-corrected chi connectivity index (χ1v) is 8.00. The lowest BCUT2D eigenvalue weighted by Crippen LogP contribution is -2.39. The molecule has 8 heteroatoms. The van der Waals surface area contributed by atoms with E-state index in [1.165, 1.54) is 0 Å². The van der Waals surface area contributed by atoms with Gasteiger partial charge >= 0.3 is 0 Å². The fraction of sp³-hybridized carbons (Fsp3) is 0.583. The molecular formula is C12H21Cl2IN4S. The summed E-state index contributed by atoms with van der Waals surface area (Å²) in [7, 11) is 3.64. The van der Waals surface area contributed by atoms with E-state index < -0.39 is 0 Å². The van der Waals surface area contributed by atoms with Gasteiger partial charge in [0, 0.05) is 31.6 Å². The van der Waals surface area contributed by atoms with Gasteiger partial charge in [-0.05, 0) is 12.3 Å². The molecule has 0 bridgehead atoms. The van der Waals surface area contributed by atoms with Gasteiger partial charge in [0.1, 0.15) is 5.15 Å². The summed E-state index contributed by atoms with van der Waals surface area (Å²) in [5.74, 6) is 0.773. The molecule has 1 heterocycles. The molecular weight excluding hydrogens is 430 g/mol. The molecule has 0 amide bonds. The Morgan fingerprint density at radius 1 is 1.45 bits per heavy atom. The summed E-state index contributed by atoms with van der Waals surface area (Å²) in [6.07, 6.45) is 2.09. The van der Waals surface area contributed by atoms with Gasteiger partial charge in [0.25, 0.3) is 0 Å². The standard InChI is InChI=1S/C12H20Cl2N4S.HI/c1-8(19-4)6-16-12(15-2)17-7-9-5-10(13)11(14)18(9)3;/h5,8H,6-7H2,1-4H3,(H2,15,16,17);1H. The highest BCUT2D eigenvalue weighted by atomic mass is 127. The summed E-state index contributed by atoms with van der Waals surface area (Å²) in [6.45, 7) is 3.66. The van der Waals surface area contributed by atoms with Gasteiger partial charge in [0.15, 0.2) is 5.96 Å². The number of halogens is 3. The highest BCUT2D eigenvalue weighted by Crippen LogP contribution is 2.24. The second-order valence-corrected chi connectivity index (χ2v) is 6.23. The number of nitrogens with one attached hydrogen (secondary N) is 2. The molecule has 1 unspecified atom stereocenters. The van der Waals surface area contributed by atoms with Crippen LogP contribution in [0.25, 0.3) is 0 Å². The molecule has 20 heavy (non-hydrogen) atoms. The van der Waals surface area contributed by atoms with E-state index in [1.54, 1.807) is 7.05 Å². The lowest BCUT2D eigenvalue weighted by molar-refractivity contribution is 0.746. The molecule has 1 atom stereocenters. The van der Waals surface area contributed by atoms with Gasteiger partial charge in [-0.2, -0.15) is 11.8 Å². The lowest BCUT2D eigenvalue weighted by Gasteiger charge is -2.14. The maximum atomic E-state index is 6.02. The maximum Gasteiger partial charge on any atom is 0.191 e. The van der Waals surface area contributed by atoms with E-state index in [0.717, 1.165) is 18.2 Å². The summed E-state index contributed by atoms with van der Waals surface area (Å²) in [4.78, 5) is 4.18. The van der Waals surface area contributed by atoms with Crippen molar-refractivity contribution >= 4 is 64.9 Å². The first-order chi connectivity index (χ1) is 8.99. The molecule has 0 aliphatic heterocycles. The zero-order valence-corrected chi connectivity index (χ0v) is 16.7. The largest absolute Gasteiger partial charge is 0.355 e. The first kappa shape index (κ1) is 20.2. The van der Waals surface area contributed by atoms with Crippen LogP contribution in [0.4, 0.5) is 0 Å². The number of hydrogen-bond acceptors (Lipinski definition) is 2. The molecule has 4 nitrogen and oxygen atoms in total. The van der Waals surface area contributed by atoms with E-state index in [4.69, 9.17) is 23.2 Å².